The number of benzene rings is 1. The second-order valence-corrected chi connectivity index (χ2v) is 8.80. The molecule has 3 amide bonds. The van der Waals surface area contributed by atoms with Crippen LogP contribution in [-0.4, -0.2) is 64.3 Å². The molecule has 9 nitrogen and oxygen atoms in total. The molecule has 0 spiro atoms. The topological polar surface area (TPSA) is 145 Å². The number of terminal acetylenes is 1. The number of nitrogens with zero attached hydrogens (tertiary/aromatic N) is 1. The highest BCUT2D eigenvalue weighted by atomic mass is 16.4. The zero-order chi connectivity index (χ0) is 24.1. The molecule has 1 saturated heterocycles. The van der Waals surface area contributed by atoms with E-state index in [2.05, 4.69) is 16.6 Å². The van der Waals surface area contributed by atoms with E-state index in [0.717, 1.165) is 11.1 Å². The predicted molar refractivity (Wildman–Crippen MR) is 119 cm³/mol. The number of aliphatic hydroxyl groups is 1. The van der Waals surface area contributed by atoms with Crippen molar-refractivity contribution in [3.63, 3.8) is 0 Å². The summed E-state index contributed by atoms with van der Waals surface area (Å²) in [7, 11) is 0. The van der Waals surface area contributed by atoms with Crippen molar-refractivity contribution in [1.29, 1.82) is 0 Å². The quantitative estimate of drug-likeness (QED) is 0.375. The maximum Gasteiger partial charge on any atom is 0.405 e. The summed E-state index contributed by atoms with van der Waals surface area (Å²) in [5.74, 6) is 1.55. The van der Waals surface area contributed by atoms with Gasteiger partial charge in [0.1, 0.15) is 12.1 Å². The summed E-state index contributed by atoms with van der Waals surface area (Å²) in [6, 6.07) is 4.79. The molecule has 6 N–H and O–H groups in total. The van der Waals surface area contributed by atoms with E-state index in [1.165, 1.54) is 4.90 Å². The fraction of sp³-hybridized carbons (Fsp3) is 0.522. The van der Waals surface area contributed by atoms with Crippen LogP contribution in [0.25, 0.3) is 0 Å². The van der Waals surface area contributed by atoms with Crippen LogP contribution in [0.5, 0.6) is 0 Å². The highest BCUT2D eigenvalue weighted by Gasteiger charge is 2.45. The first-order valence-electron chi connectivity index (χ1n) is 10.5. The van der Waals surface area contributed by atoms with Crippen molar-refractivity contribution in [2.24, 2.45) is 11.1 Å². The van der Waals surface area contributed by atoms with Crippen LogP contribution in [0.15, 0.2) is 24.3 Å². The van der Waals surface area contributed by atoms with Gasteiger partial charge in [-0.05, 0) is 43.0 Å². The van der Waals surface area contributed by atoms with Crippen LogP contribution >= 0.6 is 0 Å². The molecular weight excluding hydrogens is 412 g/mol. The minimum atomic E-state index is -1.35. The number of hydrogen-bond donors (Lipinski definition) is 5. The number of hydrogen-bond acceptors (Lipinski definition) is 5. The molecule has 0 bridgehead atoms. The molecule has 1 aromatic rings. The van der Waals surface area contributed by atoms with Crippen LogP contribution in [0.1, 0.15) is 50.8 Å². The van der Waals surface area contributed by atoms with E-state index >= 15 is 0 Å². The van der Waals surface area contributed by atoms with Gasteiger partial charge in [-0.15, -0.1) is 6.42 Å². The Bertz CT molecular complexity index is 877. The number of carboxylic acid groups (broad SMARTS) is 1. The number of rotatable bonds is 8. The molecule has 32 heavy (non-hydrogen) atoms. The lowest BCUT2D eigenvalue weighted by Crippen LogP contribution is -2.58. The standard InChI is InChI=1S/C23H32N4O5/c1-5-15-6-8-16(9-7-15)14(2)25-20(29)18-12-17(28)13-27(18)21(30)19(26-22(31)32)23(3,4)10-11-24/h1,6-9,14,17-19,26,28H,10-13,24H2,2-4H3,(H,25,29)(H,31,32)/t14-,17+,18-,19+/m0/s1. The van der Waals surface area contributed by atoms with Crippen molar-refractivity contribution in [2.75, 3.05) is 13.1 Å². The van der Waals surface area contributed by atoms with E-state index in [4.69, 9.17) is 12.2 Å². The average Bonchev–Trinajstić information content (AvgIpc) is 3.13. The van der Waals surface area contributed by atoms with E-state index in [1.54, 1.807) is 32.9 Å². The van der Waals surface area contributed by atoms with Crippen LogP contribution in [-0.2, 0) is 9.59 Å². The van der Waals surface area contributed by atoms with Crippen LogP contribution in [0.2, 0.25) is 0 Å². The minimum absolute atomic E-state index is 0.0569. The molecule has 2 rings (SSSR count). The monoisotopic (exact) mass is 444 g/mol. The first-order valence-corrected chi connectivity index (χ1v) is 10.5. The number of nitrogens with two attached hydrogens (primary N) is 1. The first kappa shape index (κ1) is 25.2. The largest absolute Gasteiger partial charge is 0.465 e. The normalized spacial score (nSPS) is 20.2. The van der Waals surface area contributed by atoms with Gasteiger partial charge in [-0.3, -0.25) is 9.59 Å². The fourth-order valence-electron chi connectivity index (χ4n) is 3.96. The highest BCUT2D eigenvalue weighted by molar-refractivity contribution is 5.92. The lowest BCUT2D eigenvalue weighted by molar-refractivity contribution is -0.142. The number of carbonyl (C=O) groups is 3. The Hall–Kier alpha value is -3.09. The van der Waals surface area contributed by atoms with Crippen molar-refractivity contribution < 1.29 is 24.6 Å². The predicted octanol–water partition coefficient (Wildman–Crippen LogP) is 0.818. The number of aliphatic hydroxyl groups excluding tert-OH is 1. The molecule has 1 fully saturated rings. The second kappa shape index (κ2) is 10.5. The molecule has 0 aromatic heterocycles. The third kappa shape index (κ3) is 5.99. The summed E-state index contributed by atoms with van der Waals surface area (Å²) in [6.45, 7) is 5.49. The van der Waals surface area contributed by atoms with Gasteiger partial charge in [0.05, 0.1) is 12.1 Å². The molecule has 0 saturated carbocycles. The fourth-order valence-corrected chi connectivity index (χ4v) is 3.96. The van der Waals surface area contributed by atoms with Crippen molar-refractivity contribution >= 4 is 17.9 Å². The van der Waals surface area contributed by atoms with Gasteiger partial charge in [-0.2, -0.15) is 0 Å². The van der Waals surface area contributed by atoms with Crippen molar-refractivity contribution in [2.45, 2.75) is 57.8 Å². The van der Waals surface area contributed by atoms with Crippen molar-refractivity contribution in [1.82, 2.24) is 15.5 Å². The van der Waals surface area contributed by atoms with E-state index < -0.39 is 41.5 Å². The number of nitrogens with one attached hydrogen (secondary N) is 2. The first-order chi connectivity index (χ1) is 15.0. The Morgan fingerprint density at radius 3 is 2.44 bits per heavy atom. The minimum Gasteiger partial charge on any atom is -0.465 e. The summed E-state index contributed by atoms with van der Waals surface area (Å²) in [4.78, 5) is 39.0. The maximum atomic E-state index is 13.3. The molecule has 0 radical (unpaired) electrons. The van der Waals surface area contributed by atoms with Crippen LogP contribution < -0.4 is 16.4 Å². The third-order valence-corrected chi connectivity index (χ3v) is 5.89. The molecule has 174 valence electrons. The van der Waals surface area contributed by atoms with E-state index in [-0.39, 0.29) is 25.6 Å². The van der Waals surface area contributed by atoms with Crippen LogP contribution in [0, 0.1) is 17.8 Å². The number of likely N-dealkylation sites (tertiary alicyclic amines) is 1. The number of β-amino-alcohol motifs (C(OH)–C–C–N with tert-alkyl or cyclic N) is 1. The summed E-state index contributed by atoms with van der Waals surface area (Å²) in [5, 5.41) is 24.6. The molecule has 1 aliphatic rings. The summed E-state index contributed by atoms with van der Waals surface area (Å²) in [6.07, 6.45) is 3.59. The molecule has 9 heteroatoms. The van der Waals surface area contributed by atoms with Gasteiger partial charge < -0.3 is 31.5 Å². The van der Waals surface area contributed by atoms with E-state index in [1.807, 2.05) is 12.1 Å². The lowest BCUT2D eigenvalue weighted by Gasteiger charge is -2.37. The Morgan fingerprint density at radius 2 is 1.91 bits per heavy atom. The van der Waals surface area contributed by atoms with Gasteiger partial charge in [0, 0.05) is 18.5 Å². The van der Waals surface area contributed by atoms with E-state index in [0.29, 0.717) is 6.42 Å². The van der Waals surface area contributed by atoms with Gasteiger partial charge in [0.2, 0.25) is 11.8 Å². The average molecular weight is 445 g/mol. The second-order valence-electron chi connectivity index (χ2n) is 8.80. The van der Waals surface area contributed by atoms with Crippen molar-refractivity contribution in [3.05, 3.63) is 35.4 Å². The van der Waals surface area contributed by atoms with Crippen LogP contribution in [0.3, 0.4) is 0 Å². The molecule has 0 aliphatic carbocycles. The van der Waals surface area contributed by atoms with Gasteiger partial charge in [-0.25, -0.2) is 4.79 Å². The number of carbonyl (C=O) groups excluding carboxylic acids is 2. The Labute approximate surface area is 188 Å². The summed E-state index contributed by atoms with van der Waals surface area (Å²) >= 11 is 0. The molecule has 4 atom stereocenters. The Kier molecular flexibility index (Phi) is 8.25. The van der Waals surface area contributed by atoms with Crippen LogP contribution in [0.4, 0.5) is 4.79 Å². The maximum absolute atomic E-state index is 13.3. The summed E-state index contributed by atoms with van der Waals surface area (Å²) < 4.78 is 0. The Morgan fingerprint density at radius 1 is 1.28 bits per heavy atom. The summed E-state index contributed by atoms with van der Waals surface area (Å²) in [5.41, 5.74) is 6.42. The SMILES string of the molecule is C#Cc1ccc([C@H](C)NC(=O)[C@@H]2C[C@@H](O)CN2C(=O)[C@@H](NC(=O)O)C(C)(C)CCN)cc1. The Balaban J connectivity index is 2.20. The van der Waals surface area contributed by atoms with E-state index in [9.17, 15) is 24.6 Å². The molecule has 1 heterocycles. The molecular formula is C23H32N4O5. The van der Waals surface area contributed by atoms with Gasteiger partial charge in [0.15, 0.2) is 0 Å². The highest BCUT2D eigenvalue weighted by Crippen LogP contribution is 2.29. The van der Waals surface area contributed by atoms with Crippen molar-refractivity contribution in [3.8, 4) is 12.3 Å². The smallest absolute Gasteiger partial charge is 0.405 e. The lowest BCUT2D eigenvalue weighted by atomic mass is 9.80. The van der Waals surface area contributed by atoms with Gasteiger partial charge in [0.25, 0.3) is 0 Å². The molecule has 0 unspecified atom stereocenters. The zero-order valence-corrected chi connectivity index (χ0v) is 18.7. The molecule has 1 aromatic carbocycles. The number of amides is 3. The molecule has 1 aliphatic heterocycles. The van der Waals surface area contributed by atoms with Gasteiger partial charge >= 0.3 is 6.09 Å². The zero-order valence-electron chi connectivity index (χ0n) is 18.7. The third-order valence-electron chi connectivity index (χ3n) is 5.89. The van der Waals surface area contributed by atoms with Gasteiger partial charge in [-0.1, -0.05) is 31.9 Å².